The van der Waals surface area contributed by atoms with Crippen molar-refractivity contribution in [3.8, 4) is 0 Å². The van der Waals surface area contributed by atoms with Crippen LogP contribution in [0.5, 0.6) is 0 Å². The largest absolute Gasteiger partial charge is 0.388 e. The van der Waals surface area contributed by atoms with Crippen molar-refractivity contribution in [1.82, 2.24) is 0 Å². The lowest BCUT2D eigenvalue weighted by molar-refractivity contribution is -0.269. The number of aliphatic hydroxyl groups is 3. The highest BCUT2D eigenvalue weighted by Crippen LogP contribution is 2.20. The summed E-state index contributed by atoms with van der Waals surface area (Å²) in [5.74, 6) is 1.64. The first-order chi connectivity index (χ1) is 12.8. The maximum atomic E-state index is 9.80. The van der Waals surface area contributed by atoms with E-state index in [-0.39, 0.29) is 6.61 Å². The van der Waals surface area contributed by atoms with Gasteiger partial charge in [0.2, 0.25) is 0 Å². The molecule has 0 amide bonds. The van der Waals surface area contributed by atoms with Crippen molar-refractivity contribution in [1.29, 1.82) is 0 Å². The van der Waals surface area contributed by atoms with E-state index in [2.05, 4.69) is 33.8 Å². The summed E-state index contributed by atoms with van der Waals surface area (Å²) in [6.07, 6.45) is 7.48. The van der Waals surface area contributed by atoms with Crippen molar-refractivity contribution >= 4 is 0 Å². The van der Waals surface area contributed by atoms with Gasteiger partial charge in [-0.1, -0.05) is 58.1 Å². The molecular weight excluding hydrogens is 344 g/mol. The zero-order valence-electron chi connectivity index (χ0n) is 17.8. The van der Waals surface area contributed by atoms with Crippen LogP contribution in [0.1, 0.15) is 79.1 Å². The summed E-state index contributed by atoms with van der Waals surface area (Å²) in [4.78, 5) is 0. The van der Waals surface area contributed by atoms with Crippen molar-refractivity contribution in [2.45, 2.75) is 104 Å². The van der Waals surface area contributed by atoms with Crippen molar-refractivity contribution in [3.05, 3.63) is 11.6 Å². The minimum Gasteiger partial charge on any atom is -0.388 e. The van der Waals surface area contributed by atoms with Crippen molar-refractivity contribution in [2.24, 2.45) is 11.8 Å². The molecule has 0 saturated carbocycles. The Bertz CT molecular complexity index is 410. The molecule has 0 aromatic heterocycles. The summed E-state index contributed by atoms with van der Waals surface area (Å²) in [6, 6.07) is 0. The van der Waals surface area contributed by atoms with E-state index in [0.717, 1.165) is 31.1 Å². The summed E-state index contributed by atoms with van der Waals surface area (Å²) in [5.41, 5.74) is 1.43. The fraction of sp³-hybridized carbons (Fsp3) is 0.909. The number of unbranched alkanes of at least 4 members (excludes halogenated alkanes) is 1. The molecule has 27 heavy (non-hydrogen) atoms. The van der Waals surface area contributed by atoms with Gasteiger partial charge in [0.15, 0.2) is 6.29 Å². The van der Waals surface area contributed by atoms with Gasteiger partial charge in [0, 0.05) is 0 Å². The van der Waals surface area contributed by atoms with Crippen LogP contribution in [0.3, 0.4) is 0 Å². The van der Waals surface area contributed by atoms with Crippen LogP contribution in [0, 0.1) is 11.8 Å². The first-order valence-corrected chi connectivity index (χ1v) is 10.7. The molecule has 5 nitrogen and oxygen atoms in total. The second-order valence-electron chi connectivity index (χ2n) is 8.64. The Morgan fingerprint density at radius 2 is 1.74 bits per heavy atom. The van der Waals surface area contributed by atoms with Crippen LogP contribution in [-0.2, 0) is 9.47 Å². The minimum atomic E-state index is -1.21. The number of ether oxygens (including phenoxy) is 2. The number of hydrogen-bond donors (Lipinski definition) is 3. The molecule has 1 aliphatic heterocycles. The Morgan fingerprint density at radius 3 is 2.44 bits per heavy atom. The third kappa shape index (κ3) is 10.6. The Hall–Kier alpha value is -0.460. The number of hydrogen-bond acceptors (Lipinski definition) is 5. The van der Waals surface area contributed by atoms with Gasteiger partial charge in [-0.3, -0.25) is 0 Å². The highest BCUT2D eigenvalue weighted by atomic mass is 16.7. The highest BCUT2D eigenvalue weighted by Gasteiger charge is 2.37. The second-order valence-corrected chi connectivity index (χ2v) is 8.64. The Morgan fingerprint density at radius 1 is 1.04 bits per heavy atom. The molecule has 0 aromatic carbocycles. The third-order valence-corrected chi connectivity index (χ3v) is 5.32. The molecular formula is C22H42O5. The van der Waals surface area contributed by atoms with E-state index in [0.29, 0.717) is 6.61 Å². The summed E-state index contributed by atoms with van der Waals surface area (Å²) in [6.45, 7) is 9.59. The lowest BCUT2D eigenvalue weighted by Crippen LogP contribution is -2.53. The van der Waals surface area contributed by atoms with Gasteiger partial charge in [0.1, 0.15) is 18.3 Å². The topological polar surface area (TPSA) is 79.2 Å². The molecule has 0 aliphatic carbocycles. The van der Waals surface area contributed by atoms with Crippen molar-refractivity contribution in [2.75, 3.05) is 13.2 Å². The summed E-state index contributed by atoms with van der Waals surface area (Å²) in [5, 5.41) is 28.8. The van der Waals surface area contributed by atoms with Crippen LogP contribution in [0.4, 0.5) is 0 Å². The maximum absolute atomic E-state index is 9.80. The number of rotatable bonds is 13. The van der Waals surface area contributed by atoms with Crippen molar-refractivity contribution in [3.63, 3.8) is 0 Å². The second kappa shape index (κ2) is 13.7. The van der Waals surface area contributed by atoms with Crippen molar-refractivity contribution < 1.29 is 24.8 Å². The zero-order chi connectivity index (χ0) is 20.2. The molecule has 0 bridgehead atoms. The Balaban J connectivity index is 2.06. The molecule has 1 saturated heterocycles. The average Bonchev–Trinajstić information content (AvgIpc) is 2.61. The third-order valence-electron chi connectivity index (χ3n) is 5.32. The molecule has 1 fully saturated rings. The van der Waals surface area contributed by atoms with Gasteiger partial charge in [-0.25, -0.2) is 0 Å². The predicted octanol–water partition coefficient (Wildman–Crippen LogP) is 3.80. The molecule has 1 aliphatic rings. The van der Waals surface area contributed by atoms with E-state index in [1.807, 2.05) is 0 Å². The van der Waals surface area contributed by atoms with E-state index in [9.17, 15) is 15.3 Å². The normalized spacial score (nSPS) is 27.9. The molecule has 0 spiro atoms. The molecule has 0 aromatic rings. The highest BCUT2D eigenvalue weighted by molar-refractivity contribution is 4.97. The maximum Gasteiger partial charge on any atom is 0.186 e. The van der Waals surface area contributed by atoms with Gasteiger partial charge >= 0.3 is 0 Å². The van der Waals surface area contributed by atoms with Crippen LogP contribution in [0.2, 0.25) is 0 Å². The fourth-order valence-corrected chi connectivity index (χ4v) is 3.41. The molecule has 1 rings (SSSR count). The molecule has 160 valence electrons. The smallest absolute Gasteiger partial charge is 0.186 e. The number of allylic oxidation sites excluding steroid dienone is 2. The Kier molecular flexibility index (Phi) is 12.4. The van der Waals surface area contributed by atoms with Crippen LogP contribution < -0.4 is 0 Å². The van der Waals surface area contributed by atoms with Gasteiger partial charge in [-0.05, 0) is 44.4 Å². The zero-order valence-corrected chi connectivity index (χ0v) is 17.8. The Labute approximate surface area is 165 Å². The first-order valence-electron chi connectivity index (χ1n) is 10.7. The van der Waals surface area contributed by atoms with Crippen LogP contribution >= 0.6 is 0 Å². The minimum absolute atomic E-state index is 0.0161. The standard InChI is InChI=1S/C22H42O5/c1-16(2)9-7-11-18(4)13-8-12-17(3)10-5-6-14-26-22-21(25)20(24)19(23)15-27-22/h10,16,18-25H,5-9,11-15H2,1-4H3/b17-10+/t18?,19-,20+,21-,22?/m1/s1. The lowest BCUT2D eigenvalue weighted by atomic mass is 9.94. The van der Waals surface area contributed by atoms with E-state index in [1.165, 1.54) is 37.7 Å². The monoisotopic (exact) mass is 386 g/mol. The average molecular weight is 387 g/mol. The molecule has 0 radical (unpaired) electrons. The van der Waals surface area contributed by atoms with E-state index < -0.39 is 24.6 Å². The lowest BCUT2D eigenvalue weighted by Gasteiger charge is -2.34. The van der Waals surface area contributed by atoms with Gasteiger partial charge in [0.05, 0.1) is 13.2 Å². The molecule has 3 N–H and O–H groups in total. The van der Waals surface area contributed by atoms with E-state index in [1.54, 1.807) is 0 Å². The van der Waals surface area contributed by atoms with Gasteiger partial charge in [-0.15, -0.1) is 0 Å². The first kappa shape index (κ1) is 24.6. The summed E-state index contributed by atoms with van der Waals surface area (Å²) in [7, 11) is 0. The molecule has 5 atom stereocenters. The number of aliphatic hydroxyl groups excluding tert-OH is 3. The fourth-order valence-electron chi connectivity index (χ4n) is 3.41. The SMILES string of the molecule is C/C(=C\CCCOC1OC[C@@H](O)[C@H](O)[C@H]1O)CCCC(C)CCCC(C)C. The molecule has 1 heterocycles. The molecule has 5 heteroatoms. The summed E-state index contributed by atoms with van der Waals surface area (Å²) < 4.78 is 10.7. The van der Waals surface area contributed by atoms with E-state index >= 15 is 0 Å². The van der Waals surface area contributed by atoms with Gasteiger partial charge in [-0.2, -0.15) is 0 Å². The van der Waals surface area contributed by atoms with Crippen LogP contribution in [-0.4, -0.2) is 53.1 Å². The van der Waals surface area contributed by atoms with E-state index in [4.69, 9.17) is 9.47 Å². The van der Waals surface area contributed by atoms with Crippen LogP contribution in [0.25, 0.3) is 0 Å². The predicted molar refractivity (Wildman–Crippen MR) is 108 cm³/mol. The van der Waals surface area contributed by atoms with Gasteiger partial charge < -0.3 is 24.8 Å². The summed E-state index contributed by atoms with van der Waals surface area (Å²) >= 11 is 0. The van der Waals surface area contributed by atoms with Crippen LogP contribution in [0.15, 0.2) is 11.6 Å². The molecule has 2 unspecified atom stereocenters. The van der Waals surface area contributed by atoms with Gasteiger partial charge in [0.25, 0.3) is 0 Å². The quantitative estimate of drug-likeness (QED) is 0.331.